The smallest absolute Gasteiger partial charge is 0.180 e. The van der Waals surface area contributed by atoms with E-state index in [1.54, 1.807) is 36.9 Å². The lowest BCUT2D eigenvalue weighted by Crippen LogP contribution is -2.09. The summed E-state index contributed by atoms with van der Waals surface area (Å²) in [6.45, 7) is 3.40. The van der Waals surface area contributed by atoms with Crippen LogP contribution in [-0.2, 0) is 16.9 Å². The van der Waals surface area contributed by atoms with Crippen LogP contribution in [0.1, 0.15) is 43.9 Å². The van der Waals surface area contributed by atoms with Gasteiger partial charge in [0.15, 0.2) is 15.7 Å². The van der Waals surface area contributed by atoms with Crippen molar-refractivity contribution >= 4 is 9.84 Å². The van der Waals surface area contributed by atoms with E-state index in [4.69, 9.17) is 0 Å². The highest BCUT2D eigenvalue weighted by Gasteiger charge is 2.28. The molecule has 1 saturated carbocycles. The van der Waals surface area contributed by atoms with E-state index in [0.717, 1.165) is 24.1 Å². The van der Waals surface area contributed by atoms with Gasteiger partial charge in [-0.1, -0.05) is 12.8 Å². The van der Waals surface area contributed by atoms with E-state index in [1.165, 1.54) is 0 Å². The molecule has 0 spiro atoms. The standard InChI is InChI=1S/C17H19N3O2S/c1-4-6-14-11-19-17(20(14)3)16-15(23(21,22)5-2)9-13(10-18-16)12-7-8-12/h9-12H,5,7-8H2,1-3H3. The first-order valence-electron chi connectivity index (χ1n) is 7.65. The summed E-state index contributed by atoms with van der Waals surface area (Å²) < 4.78 is 26.8. The van der Waals surface area contributed by atoms with Gasteiger partial charge in [0.25, 0.3) is 0 Å². The molecule has 0 amide bonds. The molecule has 0 atom stereocenters. The summed E-state index contributed by atoms with van der Waals surface area (Å²) in [6.07, 6.45) is 5.63. The molecule has 23 heavy (non-hydrogen) atoms. The van der Waals surface area contributed by atoms with Crippen molar-refractivity contribution in [1.82, 2.24) is 14.5 Å². The van der Waals surface area contributed by atoms with Gasteiger partial charge < -0.3 is 4.57 Å². The van der Waals surface area contributed by atoms with Crippen molar-refractivity contribution in [3.05, 3.63) is 29.7 Å². The molecule has 1 aliphatic carbocycles. The van der Waals surface area contributed by atoms with Crippen LogP contribution in [0.4, 0.5) is 0 Å². The van der Waals surface area contributed by atoms with Crippen LogP contribution >= 0.6 is 0 Å². The third kappa shape index (κ3) is 2.89. The van der Waals surface area contributed by atoms with Crippen molar-refractivity contribution < 1.29 is 8.42 Å². The van der Waals surface area contributed by atoms with Crippen LogP contribution < -0.4 is 0 Å². The molecule has 3 rings (SSSR count). The van der Waals surface area contributed by atoms with E-state index < -0.39 is 9.84 Å². The summed E-state index contributed by atoms with van der Waals surface area (Å²) in [5, 5.41) is 0. The first-order chi connectivity index (χ1) is 11.0. The fraction of sp³-hybridized carbons (Fsp3) is 0.412. The van der Waals surface area contributed by atoms with E-state index >= 15 is 0 Å². The van der Waals surface area contributed by atoms with Gasteiger partial charge in [0.2, 0.25) is 0 Å². The molecule has 5 nitrogen and oxygen atoms in total. The molecule has 120 valence electrons. The molecule has 1 fully saturated rings. The average molecular weight is 329 g/mol. The maximum absolute atomic E-state index is 12.5. The third-order valence-corrected chi connectivity index (χ3v) is 5.83. The predicted molar refractivity (Wildman–Crippen MR) is 88.7 cm³/mol. The quantitative estimate of drug-likeness (QED) is 0.809. The summed E-state index contributed by atoms with van der Waals surface area (Å²) in [6, 6.07) is 1.78. The van der Waals surface area contributed by atoms with Crippen molar-refractivity contribution in [1.29, 1.82) is 0 Å². The first-order valence-corrected chi connectivity index (χ1v) is 9.30. The van der Waals surface area contributed by atoms with E-state index in [2.05, 4.69) is 21.8 Å². The topological polar surface area (TPSA) is 64.8 Å². The number of rotatable bonds is 4. The van der Waals surface area contributed by atoms with Gasteiger partial charge in [-0.3, -0.25) is 4.98 Å². The normalized spacial score (nSPS) is 14.4. The van der Waals surface area contributed by atoms with Crippen molar-refractivity contribution in [2.75, 3.05) is 5.75 Å². The van der Waals surface area contributed by atoms with Crippen molar-refractivity contribution in [3.8, 4) is 23.4 Å². The van der Waals surface area contributed by atoms with Gasteiger partial charge in [-0.15, -0.1) is 0 Å². The zero-order chi connectivity index (χ0) is 16.6. The van der Waals surface area contributed by atoms with Gasteiger partial charge in [-0.05, 0) is 43.2 Å². The SMILES string of the molecule is CC#Cc1cnc(-c2ncc(C3CC3)cc2S(=O)(=O)CC)n1C. The molecule has 2 aromatic rings. The Balaban J connectivity index is 2.20. The molecule has 6 heteroatoms. The number of sulfone groups is 1. The van der Waals surface area contributed by atoms with Crippen LogP contribution in [0.2, 0.25) is 0 Å². The van der Waals surface area contributed by atoms with Crippen molar-refractivity contribution in [3.63, 3.8) is 0 Å². The molecule has 2 heterocycles. The van der Waals surface area contributed by atoms with Gasteiger partial charge in [-0.25, -0.2) is 13.4 Å². The Morgan fingerprint density at radius 1 is 1.30 bits per heavy atom. The number of aromatic nitrogens is 3. The second kappa shape index (κ2) is 5.82. The fourth-order valence-corrected chi connectivity index (χ4v) is 3.60. The predicted octanol–water partition coefficient (Wildman–Crippen LogP) is 2.52. The van der Waals surface area contributed by atoms with Crippen LogP contribution in [0, 0.1) is 11.8 Å². The zero-order valence-corrected chi connectivity index (χ0v) is 14.3. The summed E-state index contributed by atoms with van der Waals surface area (Å²) in [7, 11) is -1.56. The molecule has 0 saturated heterocycles. The van der Waals surface area contributed by atoms with Crippen LogP contribution in [-0.4, -0.2) is 28.7 Å². The van der Waals surface area contributed by atoms with E-state index in [-0.39, 0.29) is 10.6 Å². The number of hydrogen-bond donors (Lipinski definition) is 0. The lowest BCUT2D eigenvalue weighted by atomic mass is 10.2. The van der Waals surface area contributed by atoms with E-state index in [0.29, 0.717) is 17.4 Å². The largest absolute Gasteiger partial charge is 0.319 e. The Hall–Kier alpha value is -2.13. The number of nitrogens with zero attached hydrogens (tertiary/aromatic N) is 3. The Bertz CT molecular complexity index is 913. The highest BCUT2D eigenvalue weighted by molar-refractivity contribution is 7.91. The number of pyridine rings is 1. The second-order valence-corrected chi connectivity index (χ2v) is 7.94. The molecular weight excluding hydrogens is 310 g/mol. The van der Waals surface area contributed by atoms with Gasteiger partial charge >= 0.3 is 0 Å². The van der Waals surface area contributed by atoms with Crippen LogP contribution in [0.25, 0.3) is 11.5 Å². The van der Waals surface area contributed by atoms with Gasteiger partial charge in [0.1, 0.15) is 11.4 Å². The summed E-state index contributed by atoms with van der Waals surface area (Å²) in [5.74, 6) is 6.80. The average Bonchev–Trinajstić information content (AvgIpc) is 3.33. The molecule has 0 unspecified atom stereocenters. The lowest BCUT2D eigenvalue weighted by Gasteiger charge is -2.11. The summed E-state index contributed by atoms with van der Waals surface area (Å²) in [5.41, 5.74) is 2.14. The highest BCUT2D eigenvalue weighted by atomic mass is 32.2. The van der Waals surface area contributed by atoms with Crippen molar-refractivity contribution in [2.24, 2.45) is 7.05 Å². The third-order valence-electron chi connectivity index (χ3n) is 4.09. The molecule has 2 aromatic heterocycles. The lowest BCUT2D eigenvalue weighted by molar-refractivity contribution is 0.597. The molecule has 1 aliphatic rings. The molecule has 0 bridgehead atoms. The fourth-order valence-electron chi connectivity index (χ4n) is 2.53. The molecule has 0 radical (unpaired) electrons. The van der Waals surface area contributed by atoms with Crippen LogP contribution in [0.5, 0.6) is 0 Å². The Labute approximate surface area is 136 Å². The highest BCUT2D eigenvalue weighted by Crippen LogP contribution is 2.41. The van der Waals surface area contributed by atoms with E-state index in [1.807, 2.05) is 7.05 Å². The maximum Gasteiger partial charge on any atom is 0.180 e. The van der Waals surface area contributed by atoms with Gasteiger partial charge in [0.05, 0.1) is 16.8 Å². The molecular formula is C17H19N3O2S. The van der Waals surface area contributed by atoms with Gasteiger partial charge in [-0.2, -0.15) is 0 Å². The molecule has 0 aliphatic heterocycles. The van der Waals surface area contributed by atoms with Crippen molar-refractivity contribution in [2.45, 2.75) is 37.5 Å². The monoisotopic (exact) mass is 329 g/mol. The minimum absolute atomic E-state index is 0.0435. The number of hydrogen-bond acceptors (Lipinski definition) is 4. The maximum atomic E-state index is 12.5. The van der Waals surface area contributed by atoms with Crippen LogP contribution in [0.15, 0.2) is 23.4 Å². The summed E-state index contributed by atoms with van der Waals surface area (Å²) in [4.78, 5) is 9.06. The Kier molecular flexibility index (Phi) is 3.99. The minimum atomic E-state index is -3.38. The van der Waals surface area contributed by atoms with Gasteiger partial charge in [0, 0.05) is 13.2 Å². The van der Waals surface area contributed by atoms with Crippen LogP contribution in [0.3, 0.4) is 0 Å². The molecule has 0 N–H and O–H groups in total. The zero-order valence-electron chi connectivity index (χ0n) is 13.5. The number of imidazole rings is 1. The van der Waals surface area contributed by atoms with E-state index in [9.17, 15) is 8.42 Å². The minimum Gasteiger partial charge on any atom is -0.319 e. The first kappa shape index (κ1) is 15.8. The Morgan fingerprint density at radius 2 is 2.04 bits per heavy atom. The second-order valence-electron chi connectivity index (χ2n) is 5.69. The Morgan fingerprint density at radius 3 is 2.65 bits per heavy atom. The summed E-state index contributed by atoms with van der Waals surface area (Å²) >= 11 is 0. The molecule has 0 aromatic carbocycles.